The SMILES string of the molecule is c1ccc(-c2cc3c4cc(-c5ccc(-c6cccnc6)nc5)ccc4c4ccc(-c5ccc(-c6cccnc6)nc5)cc4c3cc2-c2ccccc2)cc1. The van der Waals surface area contributed by atoms with Crippen LogP contribution in [0.1, 0.15) is 0 Å². The quantitative estimate of drug-likeness (QED) is 0.163. The number of benzene rings is 6. The van der Waals surface area contributed by atoms with Crippen LogP contribution in [0, 0.1) is 0 Å². The summed E-state index contributed by atoms with van der Waals surface area (Å²) in [5, 5.41) is 7.25. The van der Waals surface area contributed by atoms with Crippen LogP contribution in [0.2, 0.25) is 0 Å². The van der Waals surface area contributed by atoms with Gasteiger partial charge in [-0.1, -0.05) is 97.1 Å². The second-order valence-electron chi connectivity index (χ2n) is 13.5. The monoisotopic (exact) mass is 688 g/mol. The smallest absolute Gasteiger partial charge is 0.0717 e. The highest BCUT2D eigenvalue weighted by molar-refractivity contribution is 6.27. The highest BCUT2D eigenvalue weighted by atomic mass is 14.7. The van der Waals surface area contributed by atoms with Crippen LogP contribution in [0.5, 0.6) is 0 Å². The zero-order valence-electron chi connectivity index (χ0n) is 29.3. The molecule has 4 heteroatoms. The molecule has 4 aromatic heterocycles. The maximum Gasteiger partial charge on any atom is 0.0717 e. The molecule has 0 fully saturated rings. The Bertz CT molecular complexity index is 2720. The molecular formula is C50H32N4. The third-order valence-corrected chi connectivity index (χ3v) is 10.3. The number of rotatable bonds is 6. The first-order valence-corrected chi connectivity index (χ1v) is 18.1. The summed E-state index contributed by atoms with van der Waals surface area (Å²) in [6.45, 7) is 0. The van der Waals surface area contributed by atoms with Crippen molar-refractivity contribution in [2.45, 2.75) is 0 Å². The van der Waals surface area contributed by atoms with E-state index in [0.29, 0.717) is 0 Å². The van der Waals surface area contributed by atoms with Gasteiger partial charge in [-0.15, -0.1) is 0 Å². The summed E-state index contributed by atoms with van der Waals surface area (Å²) in [6, 6.07) is 56.4. The Morgan fingerprint density at radius 1 is 0.259 bits per heavy atom. The molecule has 0 radical (unpaired) electrons. The van der Waals surface area contributed by atoms with Crippen molar-refractivity contribution in [2.75, 3.05) is 0 Å². The molecule has 10 aromatic rings. The molecule has 0 bridgehead atoms. The molecule has 0 aliphatic rings. The molecule has 252 valence electrons. The normalized spacial score (nSPS) is 11.3. The number of hydrogen-bond donors (Lipinski definition) is 0. The Morgan fingerprint density at radius 3 is 1.06 bits per heavy atom. The lowest BCUT2D eigenvalue weighted by molar-refractivity contribution is 1.28. The zero-order valence-corrected chi connectivity index (χ0v) is 29.3. The van der Waals surface area contributed by atoms with E-state index in [2.05, 4.69) is 143 Å². The van der Waals surface area contributed by atoms with E-state index in [1.54, 1.807) is 12.4 Å². The average molecular weight is 689 g/mol. The predicted molar refractivity (Wildman–Crippen MR) is 223 cm³/mol. The largest absolute Gasteiger partial charge is 0.264 e. The summed E-state index contributed by atoms with van der Waals surface area (Å²) in [5.41, 5.74) is 13.0. The van der Waals surface area contributed by atoms with Gasteiger partial charge in [0.25, 0.3) is 0 Å². The van der Waals surface area contributed by atoms with Gasteiger partial charge < -0.3 is 0 Å². The first kappa shape index (κ1) is 31.4. The summed E-state index contributed by atoms with van der Waals surface area (Å²) in [5.74, 6) is 0. The minimum Gasteiger partial charge on any atom is -0.264 e. The molecule has 0 N–H and O–H groups in total. The van der Waals surface area contributed by atoms with Crippen molar-refractivity contribution in [3.63, 3.8) is 0 Å². The van der Waals surface area contributed by atoms with Crippen molar-refractivity contribution < 1.29 is 0 Å². The van der Waals surface area contributed by atoms with Crippen molar-refractivity contribution in [1.29, 1.82) is 0 Å². The van der Waals surface area contributed by atoms with E-state index >= 15 is 0 Å². The summed E-state index contributed by atoms with van der Waals surface area (Å²) >= 11 is 0. The van der Waals surface area contributed by atoms with Crippen molar-refractivity contribution in [1.82, 2.24) is 19.9 Å². The van der Waals surface area contributed by atoms with Crippen LogP contribution in [0.4, 0.5) is 0 Å². The topological polar surface area (TPSA) is 51.6 Å². The molecule has 0 spiro atoms. The van der Waals surface area contributed by atoms with Gasteiger partial charge in [0, 0.05) is 59.4 Å². The molecule has 0 aliphatic carbocycles. The van der Waals surface area contributed by atoms with Gasteiger partial charge in [-0.2, -0.15) is 0 Å². The molecule has 0 aliphatic heterocycles. The Hall–Kier alpha value is -7.30. The maximum atomic E-state index is 4.83. The van der Waals surface area contributed by atoms with E-state index < -0.39 is 0 Å². The summed E-state index contributed by atoms with van der Waals surface area (Å²) < 4.78 is 0. The molecule has 0 saturated carbocycles. The standard InChI is InChI=1S/C50H32N4/c1-3-9-33(10-4-1)43-27-47-45-25-35(37-17-21-49(53-31-37)39-13-7-23-51-29-39)15-19-41(45)42-20-16-36(38-18-22-50(54-32-38)40-14-8-24-52-30-40)26-46(42)48(47)28-44(43)34-11-5-2-6-12-34/h1-32H. The average Bonchev–Trinajstić information content (AvgIpc) is 3.27. The van der Waals surface area contributed by atoms with E-state index in [-0.39, 0.29) is 0 Å². The van der Waals surface area contributed by atoms with Crippen LogP contribution in [-0.2, 0) is 0 Å². The van der Waals surface area contributed by atoms with Crippen molar-refractivity contribution in [3.8, 4) is 67.0 Å². The molecule has 0 saturated heterocycles. The van der Waals surface area contributed by atoms with E-state index in [4.69, 9.17) is 9.97 Å². The van der Waals surface area contributed by atoms with Crippen LogP contribution >= 0.6 is 0 Å². The molecule has 54 heavy (non-hydrogen) atoms. The first-order valence-electron chi connectivity index (χ1n) is 18.1. The second-order valence-corrected chi connectivity index (χ2v) is 13.5. The number of fused-ring (bicyclic) bond motifs is 6. The van der Waals surface area contributed by atoms with Crippen LogP contribution in [-0.4, -0.2) is 19.9 Å². The van der Waals surface area contributed by atoms with Crippen molar-refractivity contribution in [3.05, 3.63) is 195 Å². The fourth-order valence-electron chi connectivity index (χ4n) is 7.62. The molecule has 0 amide bonds. The minimum absolute atomic E-state index is 0.905. The predicted octanol–water partition coefficient (Wildman–Crippen LogP) is 12.7. The summed E-state index contributed by atoms with van der Waals surface area (Å²) in [4.78, 5) is 18.2. The lowest BCUT2D eigenvalue weighted by Crippen LogP contribution is -1.91. The van der Waals surface area contributed by atoms with Gasteiger partial charge in [-0.25, -0.2) is 0 Å². The third kappa shape index (κ3) is 5.67. The molecule has 10 rings (SSSR count). The van der Waals surface area contributed by atoms with Crippen molar-refractivity contribution >= 4 is 32.3 Å². The van der Waals surface area contributed by atoms with Gasteiger partial charge in [-0.05, 0) is 126 Å². The molecule has 4 heterocycles. The number of hydrogen-bond acceptors (Lipinski definition) is 4. The molecule has 4 nitrogen and oxygen atoms in total. The van der Waals surface area contributed by atoms with E-state index in [9.17, 15) is 0 Å². The zero-order chi connectivity index (χ0) is 35.8. The Morgan fingerprint density at radius 2 is 0.667 bits per heavy atom. The second kappa shape index (κ2) is 13.4. The third-order valence-electron chi connectivity index (χ3n) is 10.3. The fourth-order valence-corrected chi connectivity index (χ4v) is 7.62. The molecule has 6 aromatic carbocycles. The lowest BCUT2D eigenvalue weighted by atomic mass is 9.86. The maximum absolute atomic E-state index is 4.83. The fraction of sp³-hybridized carbons (Fsp3) is 0. The van der Waals surface area contributed by atoms with E-state index in [0.717, 1.165) is 44.8 Å². The Labute approximate surface area is 313 Å². The number of nitrogens with zero attached hydrogens (tertiary/aromatic N) is 4. The van der Waals surface area contributed by atoms with Gasteiger partial charge in [-0.3, -0.25) is 19.9 Å². The van der Waals surface area contributed by atoms with Gasteiger partial charge >= 0.3 is 0 Å². The van der Waals surface area contributed by atoms with Gasteiger partial charge in [0.2, 0.25) is 0 Å². The van der Waals surface area contributed by atoms with Gasteiger partial charge in [0.15, 0.2) is 0 Å². The first-order chi connectivity index (χ1) is 26.8. The summed E-state index contributed by atoms with van der Waals surface area (Å²) in [7, 11) is 0. The lowest BCUT2D eigenvalue weighted by Gasteiger charge is -2.18. The van der Waals surface area contributed by atoms with Crippen LogP contribution in [0.25, 0.3) is 99.3 Å². The number of pyridine rings is 4. The van der Waals surface area contributed by atoms with Gasteiger partial charge in [0.05, 0.1) is 11.4 Å². The van der Waals surface area contributed by atoms with Crippen molar-refractivity contribution in [2.24, 2.45) is 0 Å². The molecule has 0 unspecified atom stereocenters. The Balaban J connectivity index is 1.20. The highest BCUT2D eigenvalue weighted by Gasteiger charge is 2.17. The highest BCUT2D eigenvalue weighted by Crippen LogP contribution is 2.44. The number of aromatic nitrogens is 4. The van der Waals surface area contributed by atoms with Crippen LogP contribution in [0.3, 0.4) is 0 Å². The van der Waals surface area contributed by atoms with Gasteiger partial charge in [0.1, 0.15) is 0 Å². The molecular weight excluding hydrogens is 657 g/mol. The minimum atomic E-state index is 0.905. The Kier molecular flexibility index (Phi) is 7.77. The van der Waals surface area contributed by atoms with E-state index in [1.807, 2.05) is 49.1 Å². The van der Waals surface area contributed by atoms with Crippen LogP contribution in [0.15, 0.2) is 195 Å². The molecule has 0 atom stereocenters. The summed E-state index contributed by atoms with van der Waals surface area (Å²) in [6.07, 6.45) is 11.2. The van der Waals surface area contributed by atoms with E-state index in [1.165, 1.54) is 54.6 Å². The van der Waals surface area contributed by atoms with Crippen LogP contribution < -0.4 is 0 Å².